The van der Waals surface area contributed by atoms with E-state index in [0.717, 1.165) is 0 Å². The van der Waals surface area contributed by atoms with Gasteiger partial charge in [-0.3, -0.25) is 4.79 Å². The van der Waals surface area contributed by atoms with E-state index in [-0.39, 0.29) is 17.5 Å². The number of aromatic carboxylic acids is 1. The number of carboxylic acids is 1. The molecule has 0 saturated heterocycles. The van der Waals surface area contributed by atoms with Gasteiger partial charge in [0.1, 0.15) is 10.7 Å². The molecule has 2 aromatic rings. The van der Waals surface area contributed by atoms with Gasteiger partial charge in [-0.15, -0.1) is 11.3 Å². The maximum Gasteiger partial charge on any atom is 0.335 e. The minimum absolute atomic E-state index is 0.209. The lowest BCUT2D eigenvalue weighted by molar-refractivity contribution is 0.0696. The number of nitrogens with one attached hydrogen (secondary N) is 1. The van der Waals surface area contributed by atoms with E-state index in [4.69, 9.17) is 10.8 Å². The third-order valence-electron chi connectivity index (χ3n) is 2.86. The van der Waals surface area contributed by atoms with Gasteiger partial charge in [-0.2, -0.15) is 0 Å². The van der Waals surface area contributed by atoms with Crippen LogP contribution in [0.4, 0.5) is 5.69 Å². The van der Waals surface area contributed by atoms with Gasteiger partial charge < -0.3 is 16.2 Å². The lowest BCUT2D eigenvalue weighted by Crippen LogP contribution is -2.13. The average molecular weight is 305 g/mol. The van der Waals surface area contributed by atoms with Gasteiger partial charge in [0.2, 0.25) is 0 Å². The molecular formula is C14H15N3O3S. The van der Waals surface area contributed by atoms with Crippen molar-refractivity contribution in [3.63, 3.8) is 0 Å². The van der Waals surface area contributed by atoms with Crippen LogP contribution in [0.1, 0.15) is 44.4 Å². The van der Waals surface area contributed by atoms with Crippen molar-refractivity contribution >= 4 is 28.9 Å². The molecular weight excluding hydrogens is 290 g/mol. The zero-order chi connectivity index (χ0) is 15.6. The van der Waals surface area contributed by atoms with Crippen molar-refractivity contribution < 1.29 is 14.7 Å². The molecule has 2 rings (SSSR count). The zero-order valence-corrected chi connectivity index (χ0v) is 12.4. The Morgan fingerprint density at radius 1 is 1.43 bits per heavy atom. The molecule has 4 N–H and O–H groups in total. The lowest BCUT2D eigenvalue weighted by atomic mass is 10.1. The van der Waals surface area contributed by atoms with Crippen LogP contribution in [0.25, 0.3) is 0 Å². The standard InChI is InChI=1S/C14H15N3O3S/c1-7-5-9(3-4-10(7)14(19)20)16-12(18)11-6-21-13(17-11)8(2)15/h3-6,8H,15H2,1-2H3,(H,16,18)(H,19,20). The van der Waals surface area contributed by atoms with Gasteiger partial charge in [0.05, 0.1) is 11.6 Å². The van der Waals surface area contributed by atoms with Crippen LogP contribution in [0.15, 0.2) is 23.6 Å². The number of amides is 1. The fourth-order valence-electron chi connectivity index (χ4n) is 1.78. The summed E-state index contributed by atoms with van der Waals surface area (Å²) in [5.41, 5.74) is 7.32. The minimum atomic E-state index is -0.994. The van der Waals surface area contributed by atoms with Crippen LogP contribution in [0.2, 0.25) is 0 Å². The third-order valence-corrected chi connectivity index (χ3v) is 3.90. The van der Waals surface area contributed by atoms with Gasteiger partial charge in [0.15, 0.2) is 0 Å². The first-order valence-electron chi connectivity index (χ1n) is 6.24. The minimum Gasteiger partial charge on any atom is -0.478 e. The number of carbonyl (C=O) groups excluding carboxylic acids is 1. The quantitative estimate of drug-likeness (QED) is 0.804. The molecule has 1 unspecified atom stereocenters. The highest BCUT2D eigenvalue weighted by molar-refractivity contribution is 7.09. The molecule has 0 bridgehead atoms. The second kappa shape index (κ2) is 6.02. The number of hydrogen-bond donors (Lipinski definition) is 3. The summed E-state index contributed by atoms with van der Waals surface area (Å²) in [5.74, 6) is -1.34. The number of benzene rings is 1. The number of nitrogens with two attached hydrogens (primary N) is 1. The monoisotopic (exact) mass is 305 g/mol. The summed E-state index contributed by atoms with van der Waals surface area (Å²) in [4.78, 5) is 27.2. The van der Waals surface area contributed by atoms with Crippen molar-refractivity contribution in [1.82, 2.24) is 4.98 Å². The van der Waals surface area contributed by atoms with Gasteiger partial charge in [0, 0.05) is 11.1 Å². The fourth-order valence-corrected chi connectivity index (χ4v) is 2.54. The molecule has 0 spiro atoms. The van der Waals surface area contributed by atoms with Crippen LogP contribution in [0.5, 0.6) is 0 Å². The zero-order valence-electron chi connectivity index (χ0n) is 11.6. The number of thiazole rings is 1. The Balaban J connectivity index is 2.15. The van der Waals surface area contributed by atoms with Gasteiger partial charge in [-0.05, 0) is 37.6 Å². The SMILES string of the molecule is Cc1cc(NC(=O)c2csc(C(C)N)n2)ccc1C(=O)O. The Hall–Kier alpha value is -2.25. The van der Waals surface area contributed by atoms with Crippen molar-refractivity contribution in [3.8, 4) is 0 Å². The number of aromatic nitrogens is 1. The van der Waals surface area contributed by atoms with Crippen molar-refractivity contribution in [2.75, 3.05) is 5.32 Å². The van der Waals surface area contributed by atoms with Gasteiger partial charge in [0.25, 0.3) is 5.91 Å². The highest BCUT2D eigenvalue weighted by Crippen LogP contribution is 2.19. The molecule has 0 radical (unpaired) electrons. The molecule has 1 amide bonds. The van der Waals surface area contributed by atoms with Crippen molar-refractivity contribution in [2.45, 2.75) is 19.9 Å². The summed E-state index contributed by atoms with van der Waals surface area (Å²) in [7, 11) is 0. The number of aryl methyl sites for hydroxylation is 1. The van der Waals surface area contributed by atoms with Crippen LogP contribution < -0.4 is 11.1 Å². The van der Waals surface area contributed by atoms with Crippen molar-refractivity contribution in [3.05, 3.63) is 45.4 Å². The van der Waals surface area contributed by atoms with E-state index < -0.39 is 5.97 Å². The van der Waals surface area contributed by atoms with Crippen LogP contribution in [-0.4, -0.2) is 22.0 Å². The van der Waals surface area contributed by atoms with Gasteiger partial charge in [-0.1, -0.05) is 0 Å². The molecule has 21 heavy (non-hydrogen) atoms. The third kappa shape index (κ3) is 3.45. The summed E-state index contributed by atoms with van der Waals surface area (Å²) in [6.45, 7) is 3.48. The van der Waals surface area contributed by atoms with E-state index in [1.54, 1.807) is 31.4 Å². The van der Waals surface area contributed by atoms with E-state index in [1.165, 1.54) is 17.4 Å². The molecule has 0 aliphatic rings. The number of hydrogen-bond acceptors (Lipinski definition) is 5. The Morgan fingerprint density at radius 2 is 2.14 bits per heavy atom. The Labute approximate surface area is 125 Å². The van der Waals surface area contributed by atoms with Gasteiger partial charge >= 0.3 is 5.97 Å². The maximum absolute atomic E-state index is 12.1. The smallest absolute Gasteiger partial charge is 0.335 e. The van der Waals surface area contributed by atoms with Gasteiger partial charge in [-0.25, -0.2) is 9.78 Å². The normalized spacial score (nSPS) is 12.0. The average Bonchev–Trinajstić information content (AvgIpc) is 2.88. The summed E-state index contributed by atoms with van der Waals surface area (Å²) in [6.07, 6.45) is 0. The Bertz CT molecular complexity index is 695. The highest BCUT2D eigenvalue weighted by atomic mass is 32.1. The number of anilines is 1. The predicted molar refractivity (Wildman–Crippen MR) is 80.8 cm³/mol. The molecule has 7 heteroatoms. The topological polar surface area (TPSA) is 105 Å². The second-order valence-electron chi connectivity index (χ2n) is 4.65. The first-order chi connectivity index (χ1) is 9.88. The van der Waals surface area contributed by atoms with Crippen LogP contribution in [0, 0.1) is 6.92 Å². The largest absolute Gasteiger partial charge is 0.478 e. The highest BCUT2D eigenvalue weighted by Gasteiger charge is 2.14. The van der Waals surface area contributed by atoms with E-state index in [0.29, 0.717) is 22.0 Å². The summed E-state index contributed by atoms with van der Waals surface area (Å²) < 4.78 is 0. The van der Waals surface area contributed by atoms with E-state index >= 15 is 0 Å². The van der Waals surface area contributed by atoms with Crippen molar-refractivity contribution in [1.29, 1.82) is 0 Å². The molecule has 0 saturated carbocycles. The molecule has 110 valence electrons. The summed E-state index contributed by atoms with van der Waals surface area (Å²) in [6, 6.07) is 4.41. The first kappa shape index (κ1) is 15.1. The van der Waals surface area contributed by atoms with Crippen LogP contribution >= 0.6 is 11.3 Å². The summed E-state index contributed by atoms with van der Waals surface area (Å²) >= 11 is 1.33. The maximum atomic E-state index is 12.1. The number of rotatable bonds is 4. The Kier molecular flexibility index (Phi) is 4.35. The molecule has 1 aromatic heterocycles. The number of carbonyl (C=O) groups is 2. The number of carboxylic acid groups (broad SMARTS) is 1. The summed E-state index contributed by atoms with van der Waals surface area (Å²) in [5, 5.41) is 14.0. The van der Waals surface area contributed by atoms with Crippen LogP contribution in [0.3, 0.4) is 0 Å². The molecule has 1 aromatic carbocycles. The molecule has 1 atom stereocenters. The molecule has 0 fully saturated rings. The molecule has 0 aliphatic carbocycles. The van der Waals surface area contributed by atoms with E-state index in [9.17, 15) is 9.59 Å². The van der Waals surface area contributed by atoms with Crippen molar-refractivity contribution in [2.24, 2.45) is 5.73 Å². The lowest BCUT2D eigenvalue weighted by Gasteiger charge is -2.06. The van der Waals surface area contributed by atoms with E-state index in [1.807, 2.05) is 0 Å². The van der Waals surface area contributed by atoms with E-state index in [2.05, 4.69) is 10.3 Å². The predicted octanol–water partition coefficient (Wildman–Crippen LogP) is 2.42. The molecule has 6 nitrogen and oxygen atoms in total. The Morgan fingerprint density at radius 3 is 2.67 bits per heavy atom. The molecule has 1 heterocycles. The number of nitrogens with zero attached hydrogens (tertiary/aromatic N) is 1. The molecule has 0 aliphatic heterocycles. The van der Waals surface area contributed by atoms with Crippen LogP contribution in [-0.2, 0) is 0 Å². The fraction of sp³-hybridized carbons (Fsp3) is 0.214. The first-order valence-corrected chi connectivity index (χ1v) is 7.12. The second-order valence-corrected chi connectivity index (χ2v) is 5.54.